The molecule has 248 valence electrons. The summed E-state index contributed by atoms with van der Waals surface area (Å²) in [5, 5.41) is 2.25. The molecule has 5 aromatic rings. The molecular weight excluding hydrogens is 626 g/mol. The molecule has 1 aliphatic rings. The highest BCUT2D eigenvalue weighted by Gasteiger charge is 2.61. The number of nitrogens with zero attached hydrogens (tertiary/aromatic N) is 1. The highest BCUT2D eigenvalue weighted by Crippen LogP contribution is 2.45. The Balaban J connectivity index is 1.40. The fraction of sp³-hybridized carbons (Fsp3) is 0.282. The van der Waals surface area contributed by atoms with Crippen LogP contribution in [0.15, 0.2) is 133 Å². The number of hydrogen-bond acceptors (Lipinski definition) is 9. The minimum absolute atomic E-state index is 0.124. The van der Waals surface area contributed by atoms with Gasteiger partial charge in [0.1, 0.15) is 18.3 Å². The average Bonchev–Trinajstić information content (AvgIpc) is 3.68. The van der Waals surface area contributed by atoms with Crippen molar-refractivity contribution in [2.24, 2.45) is 0 Å². The Bertz CT molecular complexity index is 1660. The molecular formula is C39H39NO7S. The number of carbonyl (C=O) groups excluding carboxylic acids is 1. The maximum absolute atomic E-state index is 12.9. The Morgan fingerprint density at radius 3 is 1.65 bits per heavy atom. The third kappa shape index (κ3) is 8.62. The molecule has 5 atom stereocenters. The standard InChI is InChI=1S/C39H39NO7S/c1-29(41)46-39(38-40-22-23-48-38)37(45-27-33-20-12-5-13-21-33)36(44-26-32-18-10-4-11-19-32)35(43-25-31-16-8-3-9-17-31)34(47-39)28-42-24-30-14-6-2-7-15-30/h2-23,34-37H,24-28H2,1H3/t34-,35+,36+,37-,39+/m1/s1. The van der Waals surface area contributed by atoms with Crippen LogP contribution in [0, 0.1) is 0 Å². The molecule has 2 heterocycles. The van der Waals surface area contributed by atoms with Crippen LogP contribution < -0.4 is 0 Å². The van der Waals surface area contributed by atoms with Gasteiger partial charge in [0.2, 0.25) is 0 Å². The van der Waals surface area contributed by atoms with Crippen molar-refractivity contribution in [1.29, 1.82) is 0 Å². The second kappa shape index (κ2) is 16.7. The Morgan fingerprint density at radius 2 is 1.17 bits per heavy atom. The van der Waals surface area contributed by atoms with Crippen molar-refractivity contribution >= 4 is 17.3 Å². The van der Waals surface area contributed by atoms with Crippen LogP contribution in [0.5, 0.6) is 0 Å². The predicted molar refractivity (Wildman–Crippen MR) is 182 cm³/mol. The van der Waals surface area contributed by atoms with Gasteiger partial charge < -0.3 is 28.4 Å². The van der Waals surface area contributed by atoms with Gasteiger partial charge in [-0.2, -0.15) is 0 Å². The molecule has 1 saturated heterocycles. The number of esters is 1. The molecule has 1 aliphatic heterocycles. The summed E-state index contributed by atoms with van der Waals surface area (Å²) >= 11 is 1.32. The van der Waals surface area contributed by atoms with E-state index in [4.69, 9.17) is 28.4 Å². The lowest BCUT2D eigenvalue weighted by Crippen LogP contribution is -2.66. The smallest absolute Gasteiger partial charge is 0.305 e. The summed E-state index contributed by atoms with van der Waals surface area (Å²) in [5.74, 6) is -2.29. The molecule has 0 radical (unpaired) electrons. The van der Waals surface area contributed by atoms with E-state index < -0.39 is 36.2 Å². The van der Waals surface area contributed by atoms with Crippen molar-refractivity contribution in [2.75, 3.05) is 6.61 Å². The molecule has 0 unspecified atom stereocenters. The third-order valence-corrected chi connectivity index (χ3v) is 8.82. The summed E-state index contributed by atoms with van der Waals surface area (Å²) in [6, 6.07) is 39.5. The molecule has 1 aromatic heterocycles. The number of carbonyl (C=O) groups is 1. The number of benzene rings is 4. The lowest BCUT2D eigenvalue weighted by atomic mass is 9.91. The van der Waals surface area contributed by atoms with Gasteiger partial charge in [0, 0.05) is 18.5 Å². The minimum atomic E-state index is -1.75. The summed E-state index contributed by atoms with van der Waals surface area (Å²) in [7, 11) is 0. The van der Waals surface area contributed by atoms with Gasteiger partial charge in [0.05, 0.1) is 33.0 Å². The highest BCUT2D eigenvalue weighted by molar-refractivity contribution is 7.09. The number of ether oxygens (including phenoxy) is 6. The first-order chi connectivity index (χ1) is 23.6. The summed E-state index contributed by atoms with van der Waals surface area (Å²) in [6.07, 6.45) is -1.52. The van der Waals surface area contributed by atoms with Crippen LogP contribution in [0.4, 0.5) is 0 Å². The molecule has 9 heteroatoms. The molecule has 1 fully saturated rings. The minimum Gasteiger partial charge on any atom is -0.423 e. The highest BCUT2D eigenvalue weighted by atomic mass is 32.1. The van der Waals surface area contributed by atoms with Crippen LogP contribution >= 0.6 is 11.3 Å². The topological polar surface area (TPSA) is 85.3 Å². The summed E-state index contributed by atoms with van der Waals surface area (Å²) < 4.78 is 39.6. The Morgan fingerprint density at radius 1 is 0.688 bits per heavy atom. The molecule has 0 saturated carbocycles. The van der Waals surface area contributed by atoms with Crippen molar-refractivity contribution in [3.8, 4) is 0 Å². The lowest BCUT2D eigenvalue weighted by molar-refractivity contribution is -0.379. The van der Waals surface area contributed by atoms with Crippen LogP contribution in [-0.2, 0) is 65.4 Å². The zero-order valence-corrected chi connectivity index (χ0v) is 27.6. The summed E-state index contributed by atoms with van der Waals surface area (Å²) in [4.78, 5) is 17.5. The maximum atomic E-state index is 12.9. The van der Waals surface area contributed by atoms with Crippen LogP contribution in [-0.4, -0.2) is 42.0 Å². The van der Waals surface area contributed by atoms with E-state index in [1.807, 2.05) is 127 Å². The van der Waals surface area contributed by atoms with Crippen molar-refractivity contribution in [2.45, 2.75) is 63.6 Å². The second-order valence-electron chi connectivity index (χ2n) is 11.5. The van der Waals surface area contributed by atoms with Crippen molar-refractivity contribution in [1.82, 2.24) is 4.98 Å². The van der Waals surface area contributed by atoms with Crippen LogP contribution in [0.25, 0.3) is 0 Å². The van der Waals surface area contributed by atoms with Gasteiger partial charge in [-0.05, 0) is 22.3 Å². The van der Waals surface area contributed by atoms with Crippen LogP contribution in [0.2, 0.25) is 0 Å². The predicted octanol–water partition coefficient (Wildman–Crippen LogP) is 7.23. The van der Waals surface area contributed by atoms with E-state index in [0.29, 0.717) is 18.2 Å². The third-order valence-electron chi connectivity index (χ3n) is 7.95. The van der Waals surface area contributed by atoms with E-state index in [-0.39, 0.29) is 19.8 Å². The van der Waals surface area contributed by atoms with Gasteiger partial charge in [-0.1, -0.05) is 121 Å². The maximum Gasteiger partial charge on any atom is 0.305 e. The van der Waals surface area contributed by atoms with E-state index in [2.05, 4.69) is 4.98 Å². The Kier molecular flexibility index (Phi) is 11.7. The SMILES string of the molecule is CC(=O)O[C@]1(c2nccs2)O[C@H](COCc2ccccc2)[C@H](OCc2ccccc2)[C@H](OCc2ccccc2)[C@H]1OCc1ccccc1. The summed E-state index contributed by atoms with van der Waals surface area (Å²) in [6.45, 7) is 2.58. The molecule has 0 bridgehead atoms. The first kappa shape index (κ1) is 33.7. The molecule has 6 rings (SSSR count). The van der Waals surface area contributed by atoms with E-state index in [0.717, 1.165) is 22.3 Å². The first-order valence-corrected chi connectivity index (χ1v) is 16.8. The largest absolute Gasteiger partial charge is 0.423 e. The molecule has 4 aromatic carbocycles. The van der Waals surface area contributed by atoms with Crippen LogP contribution in [0.3, 0.4) is 0 Å². The Labute approximate surface area is 285 Å². The zero-order valence-electron chi connectivity index (χ0n) is 26.8. The van der Waals surface area contributed by atoms with E-state index >= 15 is 0 Å². The number of aromatic nitrogens is 1. The molecule has 0 spiro atoms. The van der Waals surface area contributed by atoms with E-state index in [1.165, 1.54) is 18.3 Å². The fourth-order valence-corrected chi connectivity index (χ4v) is 6.49. The summed E-state index contributed by atoms with van der Waals surface area (Å²) in [5.41, 5.74) is 3.91. The van der Waals surface area contributed by atoms with E-state index in [9.17, 15) is 4.79 Å². The molecule has 0 amide bonds. The average molecular weight is 666 g/mol. The van der Waals surface area contributed by atoms with Gasteiger partial charge in [0.15, 0.2) is 11.1 Å². The van der Waals surface area contributed by atoms with Crippen LogP contribution in [0.1, 0.15) is 34.2 Å². The van der Waals surface area contributed by atoms with Gasteiger partial charge in [-0.3, -0.25) is 4.79 Å². The first-order valence-electron chi connectivity index (χ1n) is 16.0. The van der Waals surface area contributed by atoms with Gasteiger partial charge in [-0.25, -0.2) is 4.98 Å². The quantitative estimate of drug-likeness (QED) is 0.108. The zero-order chi connectivity index (χ0) is 33.0. The fourth-order valence-electron chi connectivity index (χ4n) is 5.74. The normalized spacial score (nSPS) is 22.3. The number of thiazole rings is 1. The molecule has 48 heavy (non-hydrogen) atoms. The molecule has 0 aliphatic carbocycles. The monoisotopic (exact) mass is 665 g/mol. The van der Waals surface area contributed by atoms with Crippen molar-refractivity contribution in [3.05, 3.63) is 160 Å². The Hall–Kier alpha value is -4.22. The molecule has 0 N–H and O–H groups in total. The number of hydrogen-bond donors (Lipinski definition) is 0. The lowest BCUT2D eigenvalue weighted by Gasteiger charge is -2.50. The van der Waals surface area contributed by atoms with Gasteiger partial charge in [-0.15, -0.1) is 11.3 Å². The molecule has 8 nitrogen and oxygen atoms in total. The van der Waals surface area contributed by atoms with Crippen molar-refractivity contribution in [3.63, 3.8) is 0 Å². The van der Waals surface area contributed by atoms with Crippen molar-refractivity contribution < 1.29 is 33.2 Å². The van der Waals surface area contributed by atoms with Gasteiger partial charge >= 0.3 is 5.97 Å². The van der Waals surface area contributed by atoms with E-state index in [1.54, 1.807) is 6.20 Å². The number of rotatable bonds is 15. The van der Waals surface area contributed by atoms with Gasteiger partial charge in [0.25, 0.3) is 5.79 Å². The second-order valence-corrected chi connectivity index (χ2v) is 12.4.